The van der Waals surface area contributed by atoms with Gasteiger partial charge < -0.3 is 4.98 Å². The highest BCUT2D eigenvalue weighted by molar-refractivity contribution is 7.17. The number of hydrogen-bond donors (Lipinski definition) is 1. The Morgan fingerprint density at radius 1 is 1.42 bits per heavy atom. The monoisotopic (exact) mass is 277 g/mol. The van der Waals surface area contributed by atoms with Crippen molar-refractivity contribution in [1.82, 2.24) is 14.9 Å². The first-order valence-electron chi connectivity index (χ1n) is 6.80. The fourth-order valence-electron chi connectivity index (χ4n) is 3.13. The molecule has 2 atom stereocenters. The van der Waals surface area contributed by atoms with E-state index >= 15 is 0 Å². The quantitative estimate of drug-likeness (QED) is 0.917. The zero-order chi connectivity index (χ0) is 13.4. The van der Waals surface area contributed by atoms with E-state index < -0.39 is 0 Å². The summed E-state index contributed by atoms with van der Waals surface area (Å²) >= 11 is 1.45. The highest BCUT2D eigenvalue weighted by Crippen LogP contribution is 2.22. The van der Waals surface area contributed by atoms with Crippen LogP contribution in [0.3, 0.4) is 0 Å². The average Bonchev–Trinajstić information content (AvgIpc) is 2.75. The fourth-order valence-corrected chi connectivity index (χ4v) is 3.85. The van der Waals surface area contributed by atoms with Gasteiger partial charge in [0.15, 0.2) is 0 Å². The fraction of sp³-hybridized carbons (Fsp3) is 0.571. The molecule has 0 amide bonds. The van der Waals surface area contributed by atoms with E-state index in [9.17, 15) is 4.79 Å². The molecule has 4 nitrogen and oxygen atoms in total. The molecule has 5 heteroatoms. The molecule has 1 aliphatic rings. The van der Waals surface area contributed by atoms with Gasteiger partial charge >= 0.3 is 0 Å². The second-order valence-corrected chi connectivity index (χ2v) is 6.70. The number of piperidine rings is 1. The smallest absolute Gasteiger partial charge is 0.268 e. The van der Waals surface area contributed by atoms with Crippen molar-refractivity contribution in [2.24, 2.45) is 11.8 Å². The van der Waals surface area contributed by atoms with E-state index in [1.807, 2.05) is 11.4 Å². The van der Waals surface area contributed by atoms with E-state index in [-0.39, 0.29) is 5.56 Å². The van der Waals surface area contributed by atoms with Crippen molar-refractivity contribution in [1.29, 1.82) is 0 Å². The molecule has 19 heavy (non-hydrogen) atoms. The third kappa shape index (κ3) is 2.72. The topological polar surface area (TPSA) is 49.0 Å². The maximum Gasteiger partial charge on any atom is 0.268 e. The lowest BCUT2D eigenvalue weighted by molar-refractivity contribution is 0.131. The molecule has 2 aromatic rings. The Hall–Kier alpha value is -1.20. The second-order valence-electron chi connectivity index (χ2n) is 5.79. The summed E-state index contributed by atoms with van der Waals surface area (Å²) in [6.45, 7) is 7.52. The van der Waals surface area contributed by atoms with Gasteiger partial charge in [-0.2, -0.15) is 0 Å². The minimum atomic E-state index is -0.00638. The van der Waals surface area contributed by atoms with E-state index in [0.717, 1.165) is 47.5 Å². The average molecular weight is 277 g/mol. The lowest BCUT2D eigenvalue weighted by atomic mass is 9.92. The molecule has 0 unspecified atom stereocenters. The zero-order valence-electron chi connectivity index (χ0n) is 11.3. The molecular formula is C14H19N3OS. The van der Waals surface area contributed by atoms with Gasteiger partial charge in [-0.3, -0.25) is 9.69 Å². The third-order valence-corrected chi connectivity index (χ3v) is 4.58. The van der Waals surface area contributed by atoms with E-state index in [2.05, 4.69) is 28.7 Å². The van der Waals surface area contributed by atoms with Gasteiger partial charge in [-0.05, 0) is 29.7 Å². The first-order valence-corrected chi connectivity index (χ1v) is 7.68. The normalized spacial score (nSPS) is 24.9. The molecule has 102 valence electrons. The summed E-state index contributed by atoms with van der Waals surface area (Å²) in [7, 11) is 0. The predicted molar refractivity (Wildman–Crippen MR) is 78.5 cm³/mol. The van der Waals surface area contributed by atoms with Gasteiger partial charge in [0.2, 0.25) is 0 Å². The first-order chi connectivity index (χ1) is 9.11. The SMILES string of the molecule is C[C@@H]1C[C@H](C)CN(Cc2nc3ccsc3c(=O)[nH]2)C1. The van der Waals surface area contributed by atoms with Gasteiger partial charge in [-0.15, -0.1) is 11.3 Å². The lowest BCUT2D eigenvalue weighted by Crippen LogP contribution is -2.38. The Bertz CT molecular complexity index is 623. The van der Waals surface area contributed by atoms with Crippen molar-refractivity contribution in [2.75, 3.05) is 13.1 Å². The molecule has 0 spiro atoms. The predicted octanol–water partition coefficient (Wildman–Crippen LogP) is 2.46. The molecule has 0 aromatic carbocycles. The molecule has 1 saturated heterocycles. The van der Waals surface area contributed by atoms with Crippen LogP contribution in [0, 0.1) is 11.8 Å². The number of fused-ring (bicyclic) bond motifs is 1. The molecular weight excluding hydrogens is 258 g/mol. The Kier molecular flexibility index (Phi) is 3.41. The van der Waals surface area contributed by atoms with Crippen molar-refractivity contribution in [3.05, 3.63) is 27.6 Å². The number of nitrogens with one attached hydrogen (secondary N) is 1. The number of rotatable bonds is 2. The van der Waals surface area contributed by atoms with Gasteiger partial charge in [0.1, 0.15) is 10.5 Å². The molecule has 0 bridgehead atoms. The summed E-state index contributed by atoms with van der Waals surface area (Å²) in [6, 6.07) is 1.92. The van der Waals surface area contributed by atoms with E-state index in [1.54, 1.807) is 0 Å². The molecule has 3 heterocycles. The van der Waals surface area contributed by atoms with Crippen molar-refractivity contribution in [2.45, 2.75) is 26.8 Å². The maximum absolute atomic E-state index is 11.9. The number of H-pyrrole nitrogens is 1. The van der Waals surface area contributed by atoms with Crippen LogP contribution in [0.4, 0.5) is 0 Å². The highest BCUT2D eigenvalue weighted by atomic mass is 32.1. The van der Waals surface area contributed by atoms with Crippen LogP contribution in [-0.2, 0) is 6.54 Å². The standard InChI is InChI=1S/C14H19N3OS/c1-9-5-10(2)7-17(6-9)8-12-15-11-3-4-19-13(11)14(18)16-12/h3-4,9-10H,5-8H2,1-2H3,(H,15,16,18)/t9-,10+. The van der Waals surface area contributed by atoms with Gasteiger partial charge in [0, 0.05) is 13.1 Å². The Labute approximate surface area is 116 Å². The largest absolute Gasteiger partial charge is 0.308 e. The summed E-state index contributed by atoms with van der Waals surface area (Å²) in [5, 5.41) is 1.92. The molecule has 1 aliphatic heterocycles. The number of nitrogens with zero attached hydrogens (tertiary/aromatic N) is 2. The van der Waals surface area contributed by atoms with Crippen LogP contribution in [0.25, 0.3) is 10.2 Å². The van der Waals surface area contributed by atoms with Gasteiger partial charge in [-0.1, -0.05) is 13.8 Å². The Morgan fingerprint density at radius 2 is 2.16 bits per heavy atom. The van der Waals surface area contributed by atoms with Gasteiger partial charge in [-0.25, -0.2) is 4.98 Å². The van der Waals surface area contributed by atoms with Gasteiger partial charge in [0.05, 0.1) is 12.1 Å². The molecule has 3 rings (SSSR count). The van der Waals surface area contributed by atoms with Crippen molar-refractivity contribution < 1.29 is 0 Å². The molecule has 1 N–H and O–H groups in total. The van der Waals surface area contributed by atoms with Crippen molar-refractivity contribution in [3.63, 3.8) is 0 Å². The zero-order valence-corrected chi connectivity index (χ0v) is 12.2. The van der Waals surface area contributed by atoms with E-state index in [4.69, 9.17) is 0 Å². The molecule has 0 aliphatic carbocycles. The van der Waals surface area contributed by atoms with Crippen LogP contribution in [0.1, 0.15) is 26.1 Å². The summed E-state index contributed by atoms with van der Waals surface area (Å²) < 4.78 is 0.726. The van der Waals surface area contributed by atoms with Gasteiger partial charge in [0.25, 0.3) is 5.56 Å². The van der Waals surface area contributed by atoms with Crippen LogP contribution in [0.15, 0.2) is 16.2 Å². The Balaban J connectivity index is 1.83. The van der Waals surface area contributed by atoms with Crippen LogP contribution in [0.5, 0.6) is 0 Å². The number of hydrogen-bond acceptors (Lipinski definition) is 4. The molecule has 0 radical (unpaired) electrons. The number of thiophene rings is 1. The second kappa shape index (κ2) is 5.06. The minimum absolute atomic E-state index is 0.00638. The summed E-state index contributed by atoms with van der Waals surface area (Å²) in [5.41, 5.74) is 0.815. The van der Waals surface area contributed by atoms with E-state index in [0.29, 0.717) is 0 Å². The third-order valence-electron chi connectivity index (χ3n) is 3.68. The maximum atomic E-state index is 11.9. The van der Waals surface area contributed by atoms with Crippen molar-refractivity contribution in [3.8, 4) is 0 Å². The number of aromatic amines is 1. The van der Waals surface area contributed by atoms with Crippen molar-refractivity contribution >= 4 is 21.6 Å². The summed E-state index contributed by atoms with van der Waals surface area (Å²) in [6.07, 6.45) is 1.30. The molecule has 1 fully saturated rings. The first kappa shape index (κ1) is 12.8. The van der Waals surface area contributed by atoms with Crippen LogP contribution in [0.2, 0.25) is 0 Å². The molecule has 0 saturated carbocycles. The van der Waals surface area contributed by atoms with Crippen LogP contribution < -0.4 is 5.56 Å². The van der Waals surface area contributed by atoms with Crippen LogP contribution >= 0.6 is 11.3 Å². The minimum Gasteiger partial charge on any atom is -0.308 e. The lowest BCUT2D eigenvalue weighted by Gasteiger charge is -2.34. The van der Waals surface area contributed by atoms with E-state index in [1.165, 1.54) is 17.8 Å². The number of aromatic nitrogens is 2. The number of likely N-dealkylation sites (tertiary alicyclic amines) is 1. The summed E-state index contributed by atoms with van der Waals surface area (Å²) in [4.78, 5) is 21.8. The summed E-state index contributed by atoms with van der Waals surface area (Å²) in [5.74, 6) is 2.23. The Morgan fingerprint density at radius 3 is 2.89 bits per heavy atom. The van der Waals surface area contributed by atoms with Crippen LogP contribution in [-0.4, -0.2) is 28.0 Å². The highest BCUT2D eigenvalue weighted by Gasteiger charge is 2.22. The molecule has 2 aromatic heterocycles.